The first kappa shape index (κ1) is 14.3. The topological polar surface area (TPSA) is 95.7 Å². The Morgan fingerprint density at radius 2 is 2.35 bits per heavy atom. The molecule has 20 heavy (non-hydrogen) atoms. The molecular weight excluding hydrogens is 280 g/mol. The first-order chi connectivity index (χ1) is 9.60. The zero-order valence-corrected chi connectivity index (χ0v) is 11.8. The average molecular weight is 296 g/mol. The van der Waals surface area contributed by atoms with Gasteiger partial charge in [-0.2, -0.15) is 0 Å². The number of thiazole rings is 1. The summed E-state index contributed by atoms with van der Waals surface area (Å²) in [7, 11) is 0. The summed E-state index contributed by atoms with van der Waals surface area (Å²) in [4.78, 5) is 27.7. The summed E-state index contributed by atoms with van der Waals surface area (Å²) in [5.74, 6) is -1.02. The monoisotopic (exact) mass is 296 g/mol. The van der Waals surface area contributed by atoms with Gasteiger partial charge in [0.2, 0.25) is 0 Å². The molecule has 7 nitrogen and oxygen atoms in total. The van der Waals surface area contributed by atoms with E-state index in [1.165, 1.54) is 11.3 Å². The molecule has 108 valence electrons. The zero-order valence-electron chi connectivity index (χ0n) is 11.0. The van der Waals surface area contributed by atoms with E-state index in [1.54, 1.807) is 0 Å². The number of rotatable bonds is 6. The molecule has 1 unspecified atom stereocenters. The molecular formula is C12H16N4O3S. The van der Waals surface area contributed by atoms with Crippen LogP contribution in [0.3, 0.4) is 0 Å². The molecule has 0 fully saturated rings. The Balaban J connectivity index is 1.85. The number of carboxylic acids is 1. The van der Waals surface area contributed by atoms with Gasteiger partial charge in [0.1, 0.15) is 6.04 Å². The number of nitrogens with zero attached hydrogens (tertiary/aromatic N) is 2. The van der Waals surface area contributed by atoms with Gasteiger partial charge in [-0.05, 0) is 6.42 Å². The third kappa shape index (κ3) is 3.47. The quantitative estimate of drug-likeness (QED) is 0.751. The van der Waals surface area contributed by atoms with Crippen molar-refractivity contribution in [1.29, 1.82) is 0 Å². The van der Waals surface area contributed by atoms with Crippen molar-refractivity contribution >= 4 is 28.3 Å². The van der Waals surface area contributed by atoms with Crippen molar-refractivity contribution in [2.75, 3.05) is 0 Å². The fourth-order valence-corrected chi connectivity index (χ4v) is 2.51. The minimum atomic E-state index is -1.02. The SMILES string of the molecule is CCCC(NC(=O)NCc1cn2ccsc2n1)C(=O)O. The van der Waals surface area contributed by atoms with E-state index in [-0.39, 0.29) is 6.54 Å². The van der Waals surface area contributed by atoms with Gasteiger partial charge >= 0.3 is 12.0 Å². The fourth-order valence-electron chi connectivity index (χ4n) is 1.79. The Morgan fingerprint density at radius 3 is 3.00 bits per heavy atom. The van der Waals surface area contributed by atoms with E-state index in [0.717, 1.165) is 10.7 Å². The highest BCUT2D eigenvalue weighted by atomic mass is 32.1. The summed E-state index contributed by atoms with van der Waals surface area (Å²) in [5, 5.41) is 15.9. The van der Waals surface area contributed by atoms with Crippen LogP contribution in [0.25, 0.3) is 4.96 Å². The van der Waals surface area contributed by atoms with Gasteiger partial charge in [0, 0.05) is 17.8 Å². The Morgan fingerprint density at radius 1 is 1.55 bits per heavy atom. The van der Waals surface area contributed by atoms with Crippen LogP contribution in [-0.2, 0) is 11.3 Å². The lowest BCUT2D eigenvalue weighted by atomic mass is 10.2. The van der Waals surface area contributed by atoms with Crippen LogP contribution in [0.5, 0.6) is 0 Å². The van der Waals surface area contributed by atoms with Gasteiger partial charge in [-0.3, -0.25) is 4.40 Å². The van der Waals surface area contributed by atoms with Gasteiger partial charge in [0.25, 0.3) is 0 Å². The maximum Gasteiger partial charge on any atom is 0.326 e. The highest BCUT2D eigenvalue weighted by Crippen LogP contribution is 2.10. The number of carbonyl (C=O) groups is 2. The van der Waals surface area contributed by atoms with E-state index in [9.17, 15) is 9.59 Å². The maximum absolute atomic E-state index is 11.6. The summed E-state index contributed by atoms with van der Waals surface area (Å²) < 4.78 is 1.87. The van der Waals surface area contributed by atoms with Crippen molar-refractivity contribution < 1.29 is 14.7 Å². The van der Waals surface area contributed by atoms with Crippen LogP contribution >= 0.6 is 11.3 Å². The fraction of sp³-hybridized carbons (Fsp3) is 0.417. The number of nitrogens with one attached hydrogen (secondary N) is 2. The number of carbonyl (C=O) groups excluding carboxylic acids is 1. The molecule has 0 aliphatic carbocycles. The number of aliphatic carboxylic acids is 1. The molecule has 2 aromatic rings. The predicted molar refractivity (Wildman–Crippen MR) is 74.8 cm³/mol. The molecule has 3 N–H and O–H groups in total. The number of urea groups is 1. The highest BCUT2D eigenvalue weighted by Gasteiger charge is 2.18. The average Bonchev–Trinajstić information content (AvgIpc) is 2.96. The van der Waals surface area contributed by atoms with E-state index >= 15 is 0 Å². The summed E-state index contributed by atoms with van der Waals surface area (Å²) in [6, 6.07) is -1.35. The van der Waals surface area contributed by atoms with Crippen LogP contribution in [0.2, 0.25) is 0 Å². The van der Waals surface area contributed by atoms with Gasteiger partial charge < -0.3 is 15.7 Å². The smallest absolute Gasteiger partial charge is 0.326 e. The predicted octanol–water partition coefficient (Wildman–Crippen LogP) is 1.45. The van der Waals surface area contributed by atoms with E-state index < -0.39 is 18.0 Å². The number of hydrogen-bond acceptors (Lipinski definition) is 4. The second-order valence-corrected chi connectivity index (χ2v) is 5.20. The van der Waals surface area contributed by atoms with Crippen molar-refractivity contribution in [3.05, 3.63) is 23.5 Å². The van der Waals surface area contributed by atoms with Crippen molar-refractivity contribution in [1.82, 2.24) is 20.0 Å². The van der Waals surface area contributed by atoms with Crippen molar-refractivity contribution in [2.24, 2.45) is 0 Å². The van der Waals surface area contributed by atoms with Crippen LogP contribution in [0.15, 0.2) is 17.8 Å². The summed E-state index contributed by atoms with van der Waals surface area (Å²) >= 11 is 1.51. The second kappa shape index (κ2) is 6.38. The van der Waals surface area contributed by atoms with Gasteiger partial charge in [-0.15, -0.1) is 11.3 Å². The minimum Gasteiger partial charge on any atom is -0.480 e. The van der Waals surface area contributed by atoms with Crippen LogP contribution in [0.1, 0.15) is 25.5 Å². The standard InChI is InChI=1S/C12H16N4O3S/c1-2-3-9(10(17)18)15-11(19)13-6-8-7-16-4-5-20-12(16)14-8/h4-5,7,9H,2-3,6H2,1H3,(H,17,18)(H2,13,15,19). The largest absolute Gasteiger partial charge is 0.480 e. The molecule has 2 aromatic heterocycles. The molecule has 0 radical (unpaired) electrons. The molecule has 0 bridgehead atoms. The highest BCUT2D eigenvalue weighted by molar-refractivity contribution is 7.15. The van der Waals surface area contributed by atoms with E-state index in [0.29, 0.717) is 12.8 Å². The van der Waals surface area contributed by atoms with Crippen molar-refractivity contribution in [2.45, 2.75) is 32.4 Å². The number of amides is 2. The number of aromatic nitrogens is 2. The molecule has 2 rings (SSSR count). The Bertz CT molecular complexity index is 578. The van der Waals surface area contributed by atoms with Crippen LogP contribution in [0, 0.1) is 0 Å². The Hall–Kier alpha value is -2.09. The molecule has 1 atom stereocenters. The van der Waals surface area contributed by atoms with Crippen LogP contribution in [-0.4, -0.2) is 32.5 Å². The maximum atomic E-state index is 11.6. The van der Waals surface area contributed by atoms with Crippen molar-refractivity contribution in [3.8, 4) is 0 Å². The number of fused-ring (bicyclic) bond motifs is 1. The summed E-state index contributed by atoms with van der Waals surface area (Å²) in [6.45, 7) is 2.13. The molecule has 0 spiro atoms. The first-order valence-corrected chi connectivity index (χ1v) is 7.16. The lowest BCUT2D eigenvalue weighted by Crippen LogP contribution is -2.45. The normalized spacial score (nSPS) is 12.2. The third-order valence-corrected chi connectivity index (χ3v) is 3.52. The summed E-state index contributed by atoms with van der Waals surface area (Å²) in [5.41, 5.74) is 0.731. The van der Waals surface area contributed by atoms with E-state index in [1.807, 2.05) is 29.1 Å². The molecule has 0 aliphatic heterocycles. The molecule has 0 saturated heterocycles. The third-order valence-electron chi connectivity index (χ3n) is 2.75. The van der Waals surface area contributed by atoms with E-state index in [4.69, 9.17) is 5.11 Å². The first-order valence-electron chi connectivity index (χ1n) is 6.28. The van der Waals surface area contributed by atoms with Gasteiger partial charge in [-0.25, -0.2) is 14.6 Å². The van der Waals surface area contributed by atoms with Gasteiger partial charge in [0.05, 0.1) is 12.2 Å². The molecule has 8 heteroatoms. The second-order valence-electron chi connectivity index (χ2n) is 4.33. The lowest BCUT2D eigenvalue weighted by Gasteiger charge is -2.13. The number of imidazole rings is 1. The zero-order chi connectivity index (χ0) is 14.5. The lowest BCUT2D eigenvalue weighted by molar-refractivity contribution is -0.139. The van der Waals surface area contributed by atoms with Gasteiger partial charge in [-0.1, -0.05) is 13.3 Å². The van der Waals surface area contributed by atoms with Crippen LogP contribution < -0.4 is 10.6 Å². The molecule has 2 amide bonds. The number of hydrogen-bond donors (Lipinski definition) is 3. The molecule has 0 saturated carbocycles. The Labute approximate surface area is 119 Å². The molecule has 0 aliphatic rings. The summed E-state index contributed by atoms with van der Waals surface area (Å²) in [6.07, 6.45) is 4.81. The molecule has 0 aromatic carbocycles. The number of carboxylic acid groups (broad SMARTS) is 1. The van der Waals surface area contributed by atoms with Crippen molar-refractivity contribution in [3.63, 3.8) is 0 Å². The minimum absolute atomic E-state index is 0.263. The van der Waals surface area contributed by atoms with E-state index in [2.05, 4.69) is 15.6 Å². The Kier molecular flexibility index (Phi) is 4.57. The molecule has 2 heterocycles. The van der Waals surface area contributed by atoms with Gasteiger partial charge in [0.15, 0.2) is 4.96 Å². The van der Waals surface area contributed by atoms with Crippen LogP contribution in [0.4, 0.5) is 4.79 Å².